The van der Waals surface area contributed by atoms with Crippen molar-refractivity contribution in [3.8, 4) is 0 Å². The lowest BCUT2D eigenvalue weighted by atomic mass is 10.2. The quantitative estimate of drug-likeness (QED) is 0.222. The minimum Gasteiger partial charge on any atom is -0.375 e. The second-order valence-corrected chi connectivity index (χ2v) is 6.27. The summed E-state index contributed by atoms with van der Waals surface area (Å²) in [6, 6.07) is 8.12. The van der Waals surface area contributed by atoms with Crippen LogP contribution in [0.15, 0.2) is 42.1 Å². The number of carbonyl (C=O) groups is 1. The van der Waals surface area contributed by atoms with Crippen LogP contribution in [0.1, 0.15) is 24.4 Å². The van der Waals surface area contributed by atoms with Crippen molar-refractivity contribution in [1.82, 2.24) is 20.2 Å². The lowest BCUT2D eigenvalue weighted by molar-refractivity contribution is -0.118. The summed E-state index contributed by atoms with van der Waals surface area (Å²) in [7, 11) is 0. The second kappa shape index (κ2) is 8.51. The number of hydrazine groups is 1. The van der Waals surface area contributed by atoms with Gasteiger partial charge in [0.15, 0.2) is 11.0 Å². The standard InChI is InChI=1S/C16H22N6OS/c1-4-9-22-15(20-21-16(22)24-10-14(23)19-17)12(3)18-13-7-5-11(2)6-8-13/h4-8,12,18H,1,9-10,17H2,2-3H3,(H,19,23)/t12-/m0/s1. The second-order valence-electron chi connectivity index (χ2n) is 5.33. The maximum absolute atomic E-state index is 11.3. The number of carbonyl (C=O) groups excluding carboxylic acids is 1. The van der Waals surface area contributed by atoms with Crippen molar-refractivity contribution < 1.29 is 4.79 Å². The van der Waals surface area contributed by atoms with Crippen molar-refractivity contribution in [1.29, 1.82) is 0 Å². The van der Waals surface area contributed by atoms with Crippen molar-refractivity contribution in [2.24, 2.45) is 5.84 Å². The zero-order valence-electron chi connectivity index (χ0n) is 13.8. The molecule has 0 aliphatic heterocycles. The number of hydrogen-bond acceptors (Lipinski definition) is 6. The maximum atomic E-state index is 11.3. The maximum Gasteiger partial charge on any atom is 0.244 e. The average molecular weight is 346 g/mol. The van der Waals surface area contributed by atoms with Crippen LogP contribution in [-0.2, 0) is 11.3 Å². The third-order valence-corrected chi connectivity index (χ3v) is 4.34. The van der Waals surface area contributed by atoms with Crippen molar-refractivity contribution in [3.63, 3.8) is 0 Å². The van der Waals surface area contributed by atoms with Crippen LogP contribution in [0.2, 0.25) is 0 Å². The highest BCUT2D eigenvalue weighted by atomic mass is 32.2. The van der Waals surface area contributed by atoms with Crippen LogP contribution in [0.25, 0.3) is 0 Å². The third-order valence-electron chi connectivity index (χ3n) is 3.37. The van der Waals surface area contributed by atoms with E-state index < -0.39 is 0 Å². The summed E-state index contributed by atoms with van der Waals surface area (Å²) in [4.78, 5) is 11.3. The van der Waals surface area contributed by atoms with Crippen molar-refractivity contribution in [2.45, 2.75) is 31.6 Å². The SMILES string of the molecule is C=CCn1c(SCC(=O)NN)nnc1[C@H](C)Nc1ccc(C)cc1. The Morgan fingerprint density at radius 1 is 1.42 bits per heavy atom. The molecule has 0 fully saturated rings. The molecule has 7 nitrogen and oxygen atoms in total. The molecule has 8 heteroatoms. The largest absolute Gasteiger partial charge is 0.375 e. The number of allylic oxidation sites excluding steroid dienone is 1. The van der Waals surface area contributed by atoms with E-state index >= 15 is 0 Å². The number of aromatic nitrogens is 3. The Labute approximate surface area is 145 Å². The van der Waals surface area contributed by atoms with Crippen LogP contribution in [-0.4, -0.2) is 26.4 Å². The van der Waals surface area contributed by atoms with Crippen LogP contribution in [0.5, 0.6) is 0 Å². The summed E-state index contributed by atoms with van der Waals surface area (Å²) in [5.74, 6) is 5.81. The van der Waals surface area contributed by atoms with Gasteiger partial charge in [-0.2, -0.15) is 0 Å². The first-order valence-electron chi connectivity index (χ1n) is 7.54. The Kier molecular flexibility index (Phi) is 6.39. The number of nitrogens with zero attached hydrogens (tertiary/aromatic N) is 3. The molecule has 0 spiro atoms. The molecule has 4 N–H and O–H groups in total. The molecule has 0 bridgehead atoms. The zero-order chi connectivity index (χ0) is 17.5. The Bertz CT molecular complexity index is 697. The van der Waals surface area contributed by atoms with Gasteiger partial charge in [-0.1, -0.05) is 35.5 Å². The van der Waals surface area contributed by atoms with Gasteiger partial charge < -0.3 is 9.88 Å². The number of hydrogen-bond donors (Lipinski definition) is 3. The zero-order valence-corrected chi connectivity index (χ0v) is 14.6. The molecule has 0 radical (unpaired) electrons. The smallest absolute Gasteiger partial charge is 0.244 e. The third kappa shape index (κ3) is 4.59. The fourth-order valence-electron chi connectivity index (χ4n) is 2.16. The number of benzene rings is 1. The molecule has 2 aromatic rings. The summed E-state index contributed by atoms with van der Waals surface area (Å²) in [6.07, 6.45) is 1.78. The van der Waals surface area contributed by atoms with E-state index in [0.717, 1.165) is 11.5 Å². The van der Waals surface area contributed by atoms with Gasteiger partial charge in [0.2, 0.25) is 5.91 Å². The normalized spacial score (nSPS) is 11.8. The highest BCUT2D eigenvalue weighted by molar-refractivity contribution is 7.99. The minimum atomic E-state index is -0.263. The summed E-state index contributed by atoms with van der Waals surface area (Å²) in [5.41, 5.74) is 4.32. The van der Waals surface area contributed by atoms with E-state index in [0.29, 0.717) is 11.7 Å². The molecule has 0 aliphatic rings. The number of rotatable bonds is 8. The van der Waals surface area contributed by atoms with E-state index in [1.165, 1.54) is 17.3 Å². The monoisotopic (exact) mass is 346 g/mol. The molecule has 1 heterocycles. The molecule has 0 saturated carbocycles. The van der Waals surface area contributed by atoms with Gasteiger partial charge in [-0.3, -0.25) is 10.2 Å². The van der Waals surface area contributed by atoms with Gasteiger partial charge in [-0.15, -0.1) is 16.8 Å². The molecular weight excluding hydrogens is 324 g/mol. The fourth-order valence-corrected chi connectivity index (χ4v) is 2.93. The number of anilines is 1. The minimum absolute atomic E-state index is 0.0437. The van der Waals surface area contributed by atoms with Gasteiger partial charge in [0, 0.05) is 12.2 Å². The van der Waals surface area contributed by atoms with E-state index in [2.05, 4.69) is 46.6 Å². The van der Waals surface area contributed by atoms with E-state index in [-0.39, 0.29) is 17.7 Å². The molecule has 0 saturated heterocycles. The van der Waals surface area contributed by atoms with Crippen molar-refractivity contribution in [3.05, 3.63) is 48.3 Å². The molecule has 1 aromatic heterocycles. The summed E-state index contributed by atoms with van der Waals surface area (Å²) in [5, 5.41) is 12.5. The molecule has 1 atom stereocenters. The first-order valence-corrected chi connectivity index (χ1v) is 8.53. The summed E-state index contributed by atoms with van der Waals surface area (Å²) >= 11 is 1.29. The lowest BCUT2D eigenvalue weighted by Crippen LogP contribution is -2.31. The number of nitrogens with one attached hydrogen (secondary N) is 2. The predicted molar refractivity (Wildman–Crippen MR) is 96.5 cm³/mol. The van der Waals surface area contributed by atoms with Crippen LogP contribution >= 0.6 is 11.8 Å². The molecule has 0 unspecified atom stereocenters. The van der Waals surface area contributed by atoms with Crippen molar-refractivity contribution in [2.75, 3.05) is 11.1 Å². The van der Waals surface area contributed by atoms with Gasteiger partial charge in [0.05, 0.1) is 11.8 Å². The molecule has 2 rings (SSSR count). The van der Waals surface area contributed by atoms with Gasteiger partial charge in [-0.05, 0) is 26.0 Å². The summed E-state index contributed by atoms with van der Waals surface area (Å²) in [6.45, 7) is 8.41. The Balaban J connectivity index is 2.15. The van der Waals surface area contributed by atoms with Gasteiger partial charge in [-0.25, -0.2) is 5.84 Å². The Morgan fingerprint density at radius 3 is 2.75 bits per heavy atom. The lowest BCUT2D eigenvalue weighted by Gasteiger charge is -2.16. The Morgan fingerprint density at radius 2 is 2.12 bits per heavy atom. The molecular formula is C16H22N6OS. The molecule has 0 aliphatic carbocycles. The molecule has 128 valence electrons. The molecule has 1 amide bonds. The average Bonchev–Trinajstić information content (AvgIpc) is 2.98. The number of thioether (sulfide) groups is 1. The van der Waals surface area contributed by atoms with E-state index in [1.54, 1.807) is 6.08 Å². The van der Waals surface area contributed by atoms with E-state index in [9.17, 15) is 4.79 Å². The fraction of sp³-hybridized carbons (Fsp3) is 0.312. The Hall–Kier alpha value is -2.32. The van der Waals surface area contributed by atoms with Crippen LogP contribution in [0.3, 0.4) is 0 Å². The molecule has 24 heavy (non-hydrogen) atoms. The topological polar surface area (TPSA) is 97.9 Å². The molecule has 1 aromatic carbocycles. The first kappa shape index (κ1) is 18.0. The van der Waals surface area contributed by atoms with Crippen LogP contribution in [0, 0.1) is 6.92 Å². The number of aryl methyl sites for hydroxylation is 1. The number of amides is 1. The predicted octanol–water partition coefficient (Wildman–Crippen LogP) is 2.03. The number of nitrogens with two attached hydrogens (primary N) is 1. The van der Waals surface area contributed by atoms with E-state index in [4.69, 9.17) is 5.84 Å². The van der Waals surface area contributed by atoms with Crippen LogP contribution < -0.4 is 16.6 Å². The van der Waals surface area contributed by atoms with Gasteiger partial charge >= 0.3 is 0 Å². The van der Waals surface area contributed by atoms with E-state index in [1.807, 2.05) is 23.6 Å². The first-order chi connectivity index (χ1) is 11.5. The van der Waals surface area contributed by atoms with Crippen molar-refractivity contribution >= 4 is 23.4 Å². The van der Waals surface area contributed by atoms with Crippen LogP contribution in [0.4, 0.5) is 5.69 Å². The van der Waals surface area contributed by atoms with Gasteiger partial charge in [0.25, 0.3) is 0 Å². The summed E-state index contributed by atoms with van der Waals surface area (Å²) < 4.78 is 1.94. The highest BCUT2D eigenvalue weighted by Gasteiger charge is 2.18. The highest BCUT2D eigenvalue weighted by Crippen LogP contribution is 2.23. The van der Waals surface area contributed by atoms with Gasteiger partial charge in [0.1, 0.15) is 0 Å².